The van der Waals surface area contributed by atoms with Crippen molar-refractivity contribution in [2.45, 2.75) is 52.7 Å². The third kappa shape index (κ3) is 4.03. The van der Waals surface area contributed by atoms with Gasteiger partial charge in [-0.25, -0.2) is 0 Å². The average Bonchev–Trinajstić information content (AvgIpc) is 2.73. The maximum absolute atomic E-state index is 3.73. The summed E-state index contributed by atoms with van der Waals surface area (Å²) in [4.78, 5) is 4.12. The summed E-state index contributed by atoms with van der Waals surface area (Å²) in [6, 6.07) is 3.50. The molecule has 2 nitrogen and oxygen atoms in total. The Morgan fingerprint density at radius 2 is 2.21 bits per heavy atom. The van der Waals surface area contributed by atoms with Gasteiger partial charge in [0.2, 0.25) is 0 Å². The molecule has 1 aliphatic heterocycles. The van der Waals surface area contributed by atoms with Crippen LogP contribution >= 0.6 is 27.3 Å². The summed E-state index contributed by atoms with van der Waals surface area (Å²) in [5.41, 5.74) is 0.326. The lowest BCUT2D eigenvalue weighted by Crippen LogP contribution is -2.59. The van der Waals surface area contributed by atoms with Crippen LogP contribution in [0.15, 0.2) is 15.9 Å². The second-order valence-corrected chi connectivity index (χ2v) is 8.46. The van der Waals surface area contributed by atoms with Gasteiger partial charge in [-0.1, -0.05) is 27.7 Å². The molecule has 1 N–H and O–H groups in total. The van der Waals surface area contributed by atoms with Crippen molar-refractivity contribution in [3.8, 4) is 0 Å². The van der Waals surface area contributed by atoms with Crippen molar-refractivity contribution >= 4 is 27.3 Å². The first-order valence-electron chi connectivity index (χ1n) is 7.10. The summed E-state index contributed by atoms with van der Waals surface area (Å²) in [5, 5.41) is 5.91. The lowest BCUT2D eigenvalue weighted by Gasteiger charge is -2.44. The third-order valence-corrected chi connectivity index (χ3v) is 5.71. The van der Waals surface area contributed by atoms with E-state index in [-0.39, 0.29) is 0 Å². The summed E-state index contributed by atoms with van der Waals surface area (Å²) < 4.78 is 1.21. The van der Waals surface area contributed by atoms with E-state index in [2.05, 4.69) is 65.3 Å². The molecular weight excluding hydrogens is 320 g/mol. The summed E-state index contributed by atoms with van der Waals surface area (Å²) in [7, 11) is 0. The third-order valence-electron chi connectivity index (χ3n) is 4.03. The van der Waals surface area contributed by atoms with Crippen LogP contribution in [0, 0.1) is 5.41 Å². The number of nitrogens with one attached hydrogen (secondary N) is 1. The standard InChI is InChI=1S/C15H25BrN2S/c1-5-12-7-17-14(15(2,3)4)9-18(12)8-13-6-11(16)10-19-13/h6,10,12,14,17H,5,7-9H2,1-4H3. The minimum Gasteiger partial charge on any atom is -0.311 e. The second-order valence-electron chi connectivity index (χ2n) is 6.55. The quantitative estimate of drug-likeness (QED) is 0.887. The first kappa shape index (κ1) is 15.5. The Balaban J connectivity index is 2.05. The molecule has 0 spiro atoms. The van der Waals surface area contributed by atoms with Gasteiger partial charge in [0, 0.05) is 46.4 Å². The molecule has 108 valence electrons. The maximum Gasteiger partial charge on any atom is 0.0332 e. The zero-order valence-electron chi connectivity index (χ0n) is 12.4. The topological polar surface area (TPSA) is 15.3 Å². The fraction of sp³-hybridized carbons (Fsp3) is 0.733. The predicted molar refractivity (Wildman–Crippen MR) is 87.8 cm³/mol. The molecule has 2 unspecified atom stereocenters. The minimum absolute atomic E-state index is 0.326. The fourth-order valence-corrected chi connectivity index (χ4v) is 4.14. The van der Waals surface area contributed by atoms with Gasteiger partial charge >= 0.3 is 0 Å². The monoisotopic (exact) mass is 344 g/mol. The van der Waals surface area contributed by atoms with Crippen molar-refractivity contribution in [2.75, 3.05) is 13.1 Å². The Morgan fingerprint density at radius 1 is 1.47 bits per heavy atom. The van der Waals surface area contributed by atoms with Crippen molar-refractivity contribution in [1.82, 2.24) is 10.2 Å². The molecule has 2 heterocycles. The fourth-order valence-electron chi connectivity index (χ4n) is 2.67. The van der Waals surface area contributed by atoms with Crippen molar-refractivity contribution in [3.05, 3.63) is 20.8 Å². The van der Waals surface area contributed by atoms with Crippen LogP contribution in [0.5, 0.6) is 0 Å². The molecule has 0 saturated carbocycles. The number of hydrogen-bond acceptors (Lipinski definition) is 3. The largest absolute Gasteiger partial charge is 0.311 e. The second kappa shape index (κ2) is 6.25. The van der Waals surface area contributed by atoms with Gasteiger partial charge in [-0.15, -0.1) is 11.3 Å². The average molecular weight is 345 g/mol. The molecule has 1 aromatic heterocycles. The maximum atomic E-state index is 3.73. The molecular formula is C15H25BrN2S. The SMILES string of the molecule is CCC1CNC(C(C)(C)C)CN1Cc1cc(Br)cs1. The first-order valence-corrected chi connectivity index (χ1v) is 8.77. The Labute approximate surface area is 129 Å². The van der Waals surface area contributed by atoms with Gasteiger partial charge in [-0.3, -0.25) is 4.90 Å². The number of rotatable bonds is 3. The predicted octanol–water partition coefficient (Wildman–Crippen LogP) is 4.11. The Morgan fingerprint density at radius 3 is 2.74 bits per heavy atom. The van der Waals surface area contributed by atoms with Crippen LogP contribution in [0.1, 0.15) is 39.0 Å². The van der Waals surface area contributed by atoms with Gasteiger partial charge in [-0.05, 0) is 33.8 Å². The van der Waals surface area contributed by atoms with E-state index in [1.807, 2.05) is 11.3 Å². The van der Waals surface area contributed by atoms with E-state index >= 15 is 0 Å². The molecule has 0 aromatic carbocycles. The normalized spacial score (nSPS) is 25.7. The molecule has 2 atom stereocenters. The zero-order chi connectivity index (χ0) is 14.0. The zero-order valence-corrected chi connectivity index (χ0v) is 14.8. The lowest BCUT2D eigenvalue weighted by molar-refractivity contribution is 0.0783. The van der Waals surface area contributed by atoms with E-state index in [0.717, 1.165) is 19.6 Å². The highest BCUT2D eigenvalue weighted by Gasteiger charge is 2.33. The molecule has 19 heavy (non-hydrogen) atoms. The number of thiophene rings is 1. The van der Waals surface area contributed by atoms with Crippen LogP contribution in [0.2, 0.25) is 0 Å². The van der Waals surface area contributed by atoms with Gasteiger partial charge in [0.05, 0.1) is 0 Å². The van der Waals surface area contributed by atoms with Gasteiger partial charge in [0.1, 0.15) is 0 Å². The molecule has 4 heteroatoms. The molecule has 0 radical (unpaired) electrons. The molecule has 0 bridgehead atoms. The van der Waals surface area contributed by atoms with E-state index in [4.69, 9.17) is 0 Å². The van der Waals surface area contributed by atoms with Crippen molar-refractivity contribution in [2.24, 2.45) is 5.41 Å². The molecule has 1 aromatic rings. The van der Waals surface area contributed by atoms with Gasteiger partial charge in [0.25, 0.3) is 0 Å². The highest BCUT2D eigenvalue weighted by Crippen LogP contribution is 2.27. The molecule has 0 aliphatic carbocycles. The highest BCUT2D eigenvalue weighted by atomic mass is 79.9. The van der Waals surface area contributed by atoms with E-state index in [9.17, 15) is 0 Å². The van der Waals surface area contributed by atoms with E-state index in [1.165, 1.54) is 15.8 Å². The number of hydrogen-bond donors (Lipinski definition) is 1. The highest BCUT2D eigenvalue weighted by molar-refractivity contribution is 9.10. The molecule has 2 rings (SSSR count). The van der Waals surface area contributed by atoms with E-state index in [1.54, 1.807) is 0 Å². The van der Waals surface area contributed by atoms with E-state index < -0.39 is 0 Å². The molecule has 0 amide bonds. The van der Waals surface area contributed by atoms with Gasteiger partial charge < -0.3 is 5.32 Å². The van der Waals surface area contributed by atoms with E-state index in [0.29, 0.717) is 17.5 Å². The van der Waals surface area contributed by atoms with Crippen LogP contribution in [-0.4, -0.2) is 30.1 Å². The molecule has 1 saturated heterocycles. The van der Waals surface area contributed by atoms with Crippen LogP contribution in [-0.2, 0) is 6.54 Å². The van der Waals surface area contributed by atoms with Crippen molar-refractivity contribution in [3.63, 3.8) is 0 Å². The van der Waals surface area contributed by atoms with Crippen molar-refractivity contribution in [1.29, 1.82) is 0 Å². The summed E-state index contributed by atoms with van der Waals surface area (Å²) in [5.74, 6) is 0. The molecule has 1 fully saturated rings. The smallest absolute Gasteiger partial charge is 0.0332 e. The molecule has 1 aliphatic rings. The van der Waals surface area contributed by atoms with Gasteiger partial charge in [0.15, 0.2) is 0 Å². The number of piperazine rings is 1. The number of nitrogens with zero attached hydrogens (tertiary/aromatic N) is 1. The Bertz CT molecular complexity index is 411. The van der Waals surface area contributed by atoms with Gasteiger partial charge in [-0.2, -0.15) is 0 Å². The minimum atomic E-state index is 0.326. The lowest BCUT2D eigenvalue weighted by atomic mass is 9.84. The summed E-state index contributed by atoms with van der Waals surface area (Å²) in [6.07, 6.45) is 1.22. The Kier molecular flexibility index (Phi) is 5.09. The van der Waals surface area contributed by atoms with Crippen LogP contribution in [0.3, 0.4) is 0 Å². The summed E-state index contributed by atoms with van der Waals surface area (Å²) >= 11 is 5.41. The van der Waals surface area contributed by atoms with Crippen molar-refractivity contribution < 1.29 is 0 Å². The van der Waals surface area contributed by atoms with Crippen LogP contribution in [0.25, 0.3) is 0 Å². The summed E-state index contributed by atoms with van der Waals surface area (Å²) in [6.45, 7) is 12.6. The number of halogens is 1. The van der Waals surface area contributed by atoms with Crippen LogP contribution in [0.4, 0.5) is 0 Å². The first-order chi connectivity index (χ1) is 8.90. The van der Waals surface area contributed by atoms with Crippen LogP contribution < -0.4 is 5.32 Å². The Hall–Kier alpha value is 0.1000.